The molecule has 1 fully saturated rings. The summed E-state index contributed by atoms with van der Waals surface area (Å²) in [6.45, 7) is 4.83. The molecule has 0 aliphatic carbocycles. The molecule has 108 valence electrons. The molecule has 2 rings (SSSR count). The van der Waals surface area contributed by atoms with Crippen LogP contribution in [0.15, 0.2) is 30.3 Å². The normalized spacial score (nSPS) is 22.6. The zero-order valence-corrected chi connectivity index (χ0v) is 12.0. The van der Waals surface area contributed by atoms with E-state index in [4.69, 9.17) is 0 Å². The highest BCUT2D eigenvalue weighted by atomic mass is 16.4. The van der Waals surface area contributed by atoms with Gasteiger partial charge < -0.3 is 10.0 Å². The number of carboxylic acid groups (broad SMARTS) is 1. The molecule has 1 N–H and O–H groups in total. The molecule has 0 radical (unpaired) electrons. The second kappa shape index (κ2) is 6.07. The van der Waals surface area contributed by atoms with Crippen molar-refractivity contribution in [2.45, 2.75) is 32.7 Å². The fourth-order valence-electron chi connectivity index (χ4n) is 2.74. The third-order valence-corrected chi connectivity index (χ3v) is 3.84. The fourth-order valence-corrected chi connectivity index (χ4v) is 2.74. The smallest absolute Gasteiger partial charge is 0.309 e. The summed E-state index contributed by atoms with van der Waals surface area (Å²) in [5.41, 5.74) is 0.912. The Morgan fingerprint density at radius 3 is 2.55 bits per heavy atom. The Morgan fingerprint density at radius 1 is 1.35 bits per heavy atom. The molecule has 1 aromatic rings. The zero-order chi connectivity index (χ0) is 14.7. The molecule has 1 saturated heterocycles. The number of nitrogens with zero attached hydrogens (tertiary/aromatic N) is 1. The summed E-state index contributed by atoms with van der Waals surface area (Å²) in [4.78, 5) is 25.3. The van der Waals surface area contributed by atoms with Gasteiger partial charge in [-0.05, 0) is 17.9 Å². The summed E-state index contributed by atoms with van der Waals surface area (Å²) < 4.78 is 0. The maximum atomic E-state index is 12.1. The average molecular weight is 275 g/mol. The SMILES string of the molecule is CC(C)CCN1C(=O)C[C@H](C(=O)O)[C@H]1c1ccccc1. The fraction of sp³-hybridized carbons (Fsp3) is 0.500. The van der Waals surface area contributed by atoms with Crippen molar-refractivity contribution in [2.24, 2.45) is 11.8 Å². The lowest BCUT2D eigenvalue weighted by Gasteiger charge is -2.28. The third-order valence-electron chi connectivity index (χ3n) is 3.84. The van der Waals surface area contributed by atoms with E-state index in [0.717, 1.165) is 12.0 Å². The predicted octanol–water partition coefficient (Wildman–Crippen LogP) is 2.71. The van der Waals surface area contributed by atoms with Gasteiger partial charge in [0.1, 0.15) is 0 Å². The number of hydrogen-bond acceptors (Lipinski definition) is 2. The van der Waals surface area contributed by atoms with Crippen LogP contribution in [0.4, 0.5) is 0 Å². The molecule has 1 aromatic carbocycles. The minimum absolute atomic E-state index is 0.0492. The van der Waals surface area contributed by atoms with Gasteiger partial charge in [0.2, 0.25) is 5.91 Å². The van der Waals surface area contributed by atoms with Gasteiger partial charge in [0.25, 0.3) is 0 Å². The van der Waals surface area contributed by atoms with Crippen LogP contribution in [-0.2, 0) is 9.59 Å². The Labute approximate surface area is 119 Å². The molecule has 1 aliphatic rings. The van der Waals surface area contributed by atoms with E-state index < -0.39 is 11.9 Å². The first-order chi connectivity index (χ1) is 9.50. The number of carbonyl (C=O) groups excluding carboxylic acids is 1. The lowest BCUT2D eigenvalue weighted by Crippen LogP contribution is -2.32. The van der Waals surface area contributed by atoms with Crippen LogP contribution in [0.2, 0.25) is 0 Å². The minimum Gasteiger partial charge on any atom is -0.481 e. The van der Waals surface area contributed by atoms with Crippen molar-refractivity contribution in [1.82, 2.24) is 4.90 Å². The van der Waals surface area contributed by atoms with E-state index in [2.05, 4.69) is 13.8 Å². The molecule has 2 atom stereocenters. The second-order valence-corrected chi connectivity index (χ2v) is 5.77. The average Bonchev–Trinajstić information content (AvgIpc) is 2.74. The number of rotatable bonds is 5. The van der Waals surface area contributed by atoms with Crippen LogP contribution in [0, 0.1) is 11.8 Å². The Kier molecular flexibility index (Phi) is 4.42. The molecule has 4 nitrogen and oxygen atoms in total. The van der Waals surface area contributed by atoms with Crippen LogP contribution in [-0.4, -0.2) is 28.4 Å². The first-order valence-corrected chi connectivity index (χ1v) is 7.08. The van der Waals surface area contributed by atoms with E-state index in [1.807, 2.05) is 30.3 Å². The highest BCUT2D eigenvalue weighted by molar-refractivity contribution is 5.87. The van der Waals surface area contributed by atoms with Gasteiger partial charge in [0.15, 0.2) is 0 Å². The lowest BCUT2D eigenvalue weighted by molar-refractivity contribution is -0.142. The second-order valence-electron chi connectivity index (χ2n) is 5.77. The molecule has 0 unspecified atom stereocenters. The van der Waals surface area contributed by atoms with Crippen molar-refractivity contribution in [3.05, 3.63) is 35.9 Å². The quantitative estimate of drug-likeness (QED) is 0.899. The van der Waals surface area contributed by atoms with E-state index in [1.165, 1.54) is 0 Å². The maximum Gasteiger partial charge on any atom is 0.309 e. The van der Waals surface area contributed by atoms with Crippen molar-refractivity contribution in [1.29, 1.82) is 0 Å². The molecule has 0 bridgehead atoms. The lowest BCUT2D eigenvalue weighted by atomic mass is 9.93. The van der Waals surface area contributed by atoms with Gasteiger partial charge >= 0.3 is 5.97 Å². The molecule has 4 heteroatoms. The highest BCUT2D eigenvalue weighted by Gasteiger charge is 2.44. The summed E-state index contributed by atoms with van der Waals surface area (Å²) >= 11 is 0. The number of carbonyl (C=O) groups is 2. The largest absolute Gasteiger partial charge is 0.481 e. The molecule has 0 saturated carbocycles. The van der Waals surface area contributed by atoms with Crippen molar-refractivity contribution >= 4 is 11.9 Å². The van der Waals surface area contributed by atoms with Crippen LogP contribution in [0.3, 0.4) is 0 Å². The van der Waals surface area contributed by atoms with Gasteiger partial charge in [-0.3, -0.25) is 9.59 Å². The number of amides is 1. The van der Waals surface area contributed by atoms with Crippen LogP contribution in [0.25, 0.3) is 0 Å². The summed E-state index contributed by atoms with van der Waals surface area (Å²) in [6.07, 6.45) is 0.994. The van der Waals surface area contributed by atoms with Crippen LogP contribution >= 0.6 is 0 Å². The minimum atomic E-state index is -0.890. The Morgan fingerprint density at radius 2 is 2.00 bits per heavy atom. The number of likely N-dealkylation sites (tertiary alicyclic amines) is 1. The molecule has 0 aromatic heterocycles. The molecule has 1 heterocycles. The van der Waals surface area contributed by atoms with Crippen LogP contribution in [0.5, 0.6) is 0 Å². The van der Waals surface area contributed by atoms with Crippen molar-refractivity contribution in [3.8, 4) is 0 Å². The van der Waals surface area contributed by atoms with Crippen molar-refractivity contribution in [3.63, 3.8) is 0 Å². The first-order valence-electron chi connectivity index (χ1n) is 7.08. The van der Waals surface area contributed by atoms with Gasteiger partial charge in [0, 0.05) is 13.0 Å². The van der Waals surface area contributed by atoms with E-state index in [9.17, 15) is 14.7 Å². The third kappa shape index (κ3) is 3.00. The maximum absolute atomic E-state index is 12.1. The summed E-state index contributed by atoms with van der Waals surface area (Å²) in [7, 11) is 0. The Hall–Kier alpha value is -1.84. The molecule has 1 amide bonds. The molecular formula is C16H21NO3. The molecule has 1 aliphatic heterocycles. The monoisotopic (exact) mass is 275 g/mol. The number of carboxylic acids is 1. The topological polar surface area (TPSA) is 57.6 Å². The van der Waals surface area contributed by atoms with Crippen molar-refractivity contribution in [2.75, 3.05) is 6.54 Å². The van der Waals surface area contributed by atoms with Crippen LogP contribution < -0.4 is 0 Å². The molecular weight excluding hydrogens is 254 g/mol. The number of aliphatic carboxylic acids is 1. The predicted molar refractivity (Wildman–Crippen MR) is 76.1 cm³/mol. The standard InChI is InChI=1S/C16H21NO3/c1-11(2)8-9-17-14(18)10-13(16(19)20)15(17)12-6-4-3-5-7-12/h3-7,11,13,15H,8-10H2,1-2H3,(H,19,20)/t13-,15+/m0/s1. The van der Waals surface area contributed by atoms with Gasteiger partial charge in [0.05, 0.1) is 12.0 Å². The van der Waals surface area contributed by atoms with E-state index in [0.29, 0.717) is 12.5 Å². The summed E-state index contributed by atoms with van der Waals surface area (Å²) in [6, 6.07) is 9.15. The van der Waals surface area contributed by atoms with E-state index >= 15 is 0 Å². The van der Waals surface area contributed by atoms with E-state index in [1.54, 1.807) is 4.90 Å². The molecule has 20 heavy (non-hydrogen) atoms. The van der Waals surface area contributed by atoms with Gasteiger partial charge in [-0.15, -0.1) is 0 Å². The van der Waals surface area contributed by atoms with Crippen LogP contribution in [0.1, 0.15) is 38.3 Å². The van der Waals surface area contributed by atoms with Gasteiger partial charge in [-0.25, -0.2) is 0 Å². The van der Waals surface area contributed by atoms with Gasteiger partial charge in [-0.1, -0.05) is 44.2 Å². The Bertz CT molecular complexity index is 484. The van der Waals surface area contributed by atoms with Crippen molar-refractivity contribution < 1.29 is 14.7 Å². The number of hydrogen-bond donors (Lipinski definition) is 1. The number of benzene rings is 1. The first kappa shape index (κ1) is 14.6. The van der Waals surface area contributed by atoms with E-state index in [-0.39, 0.29) is 18.4 Å². The zero-order valence-electron chi connectivity index (χ0n) is 12.0. The molecule has 0 spiro atoms. The summed E-state index contributed by atoms with van der Waals surface area (Å²) in [5, 5.41) is 9.38. The summed E-state index contributed by atoms with van der Waals surface area (Å²) in [5.74, 6) is -1.09. The Balaban J connectivity index is 2.28. The highest BCUT2D eigenvalue weighted by Crippen LogP contribution is 2.38. The van der Waals surface area contributed by atoms with Gasteiger partial charge in [-0.2, -0.15) is 0 Å².